The van der Waals surface area contributed by atoms with Crippen LogP contribution in [0.1, 0.15) is 19.4 Å². The van der Waals surface area contributed by atoms with Gasteiger partial charge in [0.1, 0.15) is 5.82 Å². The van der Waals surface area contributed by atoms with Crippen LogP contribution < -0.4 is 15.8 Å². The number of piperazine rings is 1. The second-order valence-corrected chi connectivity index (χ2v) is 8.76. The van der Waals surface area contributed by atoms with Crippen LogP contribution in [-0.4, -0.2) is 41.5 Å². The SMILES string of the molecule is C[C@@H]1CN(c2ccc(N=Cc3c(O)[nH]c(=O)c4ccc(-c5ccoc5)cc34)cc2F)C[C@H](C)N1. The highest BCUT2D eigenvalue weighted by Gasteiger charge is 2.23. The molecule has 0 aliphatic carbocycles. The Hall–Kier alpha value is -3.91. The van der Waals surface area contributed by atoms with Gasteiger partial charge in [0.25, 0.3) is 5.56 Å². The van der Waals surface area contributed by atoms with Gasteiger partial charge in [-0.05, 0) is 49.7 Å². The predicted octanol–water partition coefficient (Wildman–Crippen LogP) is 4.57. The third-order valence-electron chi connectivity index (χ3n) is 6.07. The van der Waals surface area contributed by atoms with Crippen molar-refractivity contribution in [2.75, 3.05) is 18.0 Å². The van der Waals surface area contributed by atoms with E-state index in [1.54, 1.807) is 36.8 Å². The van der Waals surface area contributed by atoms with E-state index in [2.05, 4.69) is 29.1 Å². The van der Waals surface area contributed by atoms with Crippen LogP contribution in [0.2, 0.25) is 0 Å². The minimum Gasteiger partial charge on any atom is -0.494 e. The summed E-state index contributed by atoms with van der Waals surface area (Å²) in [5.41, 5.74) is 2.56. The van der Waals surface area contributed by atoms with Crippen molar-refractivity contribution in [1.82, 2.24) is 10.3 Å². The van der Waals surface area contributed by atoms with Crippen molar-refractivity contribution in [1.29, 1.82) is 0 Å². The van der Waals surface area contributed by atoms with E-state index in [0.29, 0.717) is 27.7 Å². The fourth-order valence-electron chi connectivity index (χ4n) is 4.57. The Morgan fingerprint density at radius 2 is 1.88 bits per heavy atom. The molecule has 174 valence electrons. The van der Waals surface area contributed by atoms with Crippen molar-refractivity contribution in [2.45, 2.75) is 25.9 Å². The Morgan fingerprint density at radius 3 is 2.59 bits per heavy atom. The highest BCUT2D eigenvalue weighted by Crippen LogP contribution is 2.29. The zero-order valence-corrected chi connectivity index (χ0v) is 18.9. The van der Waals surface area contributed by atoms with E-state index in [0.717, 1.165) is 24.2 Å². The molecule has 8 heteroatoms. The number of halogens is 1. The summed E-state index contributed by atoms with van der Waals surface area (Å²) in [5, 5.41) is 14.8. The number of aromatic hydroxyl groups is 1. The summed E-state index contributed by atoms with van der Waals surface area (Å²) in [6.45, 7) is 5.61. The first-order valence-electron chi connectivity index (χ1n) is 11.1. The van der Waals surface area contributed by atoms with Gasteiger partial charge in [-0.2, -0.15) is 0 Å². The molecular formula is C26H25FN4O3. The molecule has 0 bridgehead atoms. The second-order valence-electron chi connectivity index (χ2n) is 8.76. The molecule has 0 radical (unpaired) electrons. The van der Waals surface area contributed by atoms with Gasteiger partial charge >= 0.3 is 0 Å². The molecule has 0 unspecified atom stereocenters. The summed E-state index contributed by atoms with van der Waals surface area (Å²) in [5.74, 6) is -0.653. The molecule has 7 nitrogen and oxygen atoms in total. The fraction of sp³-hybridized carbons (Fsp3) is 0.231. The number of fused-ring (bicyclic) bond motifs is 1. The van der Waals surface area contributed by atoms with Crippen LogP contribution in [0.3, 0.4) is 0 Å². The van der Waals surface area contributed by atoms with Crippen LogP contribution in [0.15, 0.2) is 69.2 Å². The average molecular weight is 461 g/mol. The second kappa shape index (κ2) is 8.79. The third kappa shape index (κ3) is 4.20. The van der Waals surface area contributed by atoms with E-state index >= 15 is 0 Å². The van der Waals surface area contributed by atoms with Crippen LogP contribution in [0.4, 0.5) is 15.8 Å². The van der Waals surface area contributed by atoms with Gasteiger partial charge in [0.05, 0.1) is 29.5 Å². The maximum atomic E-state index is 15.0. The van der Waals surface area contributed by atoms with Crippen LogP contribution >= 0.6 is 0 Å². The number of pyridine rings is 1. The zero-order chi connectivity index (χ0) is 23.8. The minimum atomic E-state index is -0.404. The van der Waals surface area contributed by atoms with Crippen LogP contribution in [0, 0.1) is 5.82 Å². The molecular weight excluding hydrogens is 435 g/mol. The van der Waals surface area contributed by atoms with E-state index in [1.165, 1.54) is 12.3 Å². The number of hydrogen-bond donors (Lipinski definition) is 3. The Kier molecular flexibility index (Phi) is 5.67. The summed E-state index contributed by atoms with van der Waals surface area (Å²) < 4.78 is 20.1. The van der Waals surface area contributed by atoms with Crippen molar-refractivity contribution >= 4 is 28.4 Å². The summed E-state index contributed by atoms with van der Waals surface area (Å²) >= 11 is 0. The first-order chi connectivity index (χ1) is 16.4. The Labute approximate surface area is 195 Å². The Morgan fingerprint density at radius 1 is 1.09 bits per heavy atom. The lowest BCUT2D eigenvalue weighted by atomic mass is 10.0. The number of nitrogens with one attached hydrogen (secondary N) is 2. The molecule has 3 heterocycles. The predicted molar refractivity (Wildman–Crippen MR) is 132 cm³/mol. The standard InChI is InChI=1S/C26H25FN4O3/c1-15-12-31(13-16(2)29-15)24-6-4-19(10-23(24)27)28-11-22-21-9-17(18-7-8-34-14-18)3-5-20(21)25(32)30-26(22)33/h3-11,14-16,29H,12-13H2,1-2H3,(H2,30,32,33)/t15-,16+. The molecule has 2 aromatic heterocycles. The molecule has 1 aliphatic heterocycles. The molecule has 1 saturated heterocycles. The van der Waals surface area contributed by atoms with Gasteiger partial charge < -0.3 is 19.7 Å². The topological polar surface area (TPSA) is 93.9 Å². The number of aromatic amines is 1. The number of furan rings is 1. The molecule has 2 atom stereocenters. The van der Waals surface area contributed by atoms with Gasteiger partial charge in [-0.1, -0.05) is 6.07 Å². The Balaban J connectivity index is 1.50. The minimum absolute atomic E-state index is 0.268. The number of rotatable bonds is 4. The van der Waals surface area contributed by atoms with Gasteiger partial charge in [-0.3, -0.25) is 14.8 Å². The first kappa shape index (κ1) is 21.9. The number of aromatic nitrogens is 1. The van der Waals surface area contributed by atoms with Crippen LogP contribution in [0.25, 0.3) is 21.9 Å². The lowest BCUT2D eigenvalue weighted by Crippen LogP contribution is -2.54. The number of benzene rings is 2. The molecule has 1 aliphatic rings. The zero-order valence-electron chi connectivity index (χ0n) is 18.9. The quantitative estimate of drug-likeness (QED) is 0.388. The molecule has 3 N–H and O–H groups in total. The molecule has 0 spiro atoms. The molecule has 1 fully saturated rings. The van der Waals surface area contributed by atoms with Gasteiger partial charge in [-0.25, -0.2) is 4.39 Å². The van der Waals surface area contributed by atoms with Crippen LogP contribution in [0.5, 0.6) is 5.88 Å². The van der Waals surface area contributed by atoms with Gasteiger partial charge in [0.2, 0.25) is 5.88 Å². The first-order valence-corrected chi connectivity index (χ1v) is 11.1. The van der Waals surface area contributed by atoms with Crippen molar-refractivity contribution in [3.05, 3.63) is 76.7 Å². The molecule has 34 heavy (non-hydrogen) atoms. The van der Waals surface area contributed by atoms with Gasteiger partial charge in [0.15, 0.2) is 0 Å². The lowest BCUT2D eigenvalue weighted by Gasteiger charge is -2.37. The summed E-state index contributed by atoms with van der Waals surface area (Å²) in [6.07, 6.45) is 4.61. The molecule has 0 amide bonds. The summed E-state index contributed by atoms with van der Waals surface area (Å²) in [7, 11) is 0. The highest BCUT2D eigenvalue weighted by atomic mass is 19.1. The molecule has 5 rings (SSSR count). The number of hydrogen-bond acceptors (Lipinski definition) is 6. The highest BCUT2D eigenvalue weighted by molar-refractivity contribution is 6.03. The number of aliphatic imine (C=N–C) groups is 1. The van der Waals surface area contributed by atoms with E-state index in [1.807, 2.05) is 17.0 Å². The molecule has 0 saturated carbocycles. The molecule has 4 aromatic rings. The van der Waals surface area contributed by atoms with E-state index in [4.69, 9.17) is 4.42 Å². The van der Waals surface area contributed by atoms with Crippen molar-refractivity contribution in [3.63, 3.8) is 0 Å². The maximum absolute atomic E-state index is 15.0. The number of nitrogens with zero attached hydrogens (tertiary/aromatic N) is 2. The number of anilines is 1. The van der Waals surface area contributed by atoms with E-state index < -0.39 is 5.56 Å². The fourth-order valence-corrected chi connectivity index (χ4v) is 4.57. The van der Waals surface area contributed by atoms with Crippen LogP contribution in [-0.2, 0) is 0 Å². The monoisotopic (exact) mass is 460 g/mol. The third-order valence-corrected chi connectivity index (χ3v) is 6.07. The average Bonchev–Trinajstić information content (AvgIpc) is 3.33. The summed E-state index contributed by atoms with van der Waals surface area (Å²) in [4.78, 5) is 21.2. The smallest absolute Gasteiger partial charge is 0.258 e. The van der Waals surface area contributed by atoms with E-state index in [9.17, 15) is 14.3 Å². The van der Waals surface area contributed by atoms with Gasteiger partial charge in [0, 0.05) is 53.8 Å². The van der Waals surface area contributed by atoms with Crippen molar-refractivity contribution < 1.29 is 13.9 Å². The Bertz CT molecular complexity index is 1420. The van der Waals surface area contributed by atoms with Crippen molar-refractivity contribution in [2.24, 2.45) is 4.99 Å². The summed E-state index contributed by atoms with van der Waals surface area (Å²) in [6, 6.07) is 12.5. The van der Waals surface area contributed by atoms with Crippen molar-refractivity contribution in [3.8, 4) is 17.0 Å². The normalized spacial score (nSPS) is 18.7. The largest absolute Gasteiger partial charge is 0.494 e. The van der Waals surface area contributed by atoms with Gasteiger partial charge in [-0.15, -0.1) is 0 Å². The van der Waals surface area contributed by atoms with E-state index in [-0.39, 0.29) is 23.8 Å². The maximum Gasteiger partial charge on any atom is 0.258 e. The number of H-pyrrole nitrogens is 1. The lowest BCUT2D eigenvalue weighted by molar-refractivity contribution is 0.404. The molecule has 2 aromatic carbocycles.